The van der Waals surface area contributed by atoms with Gasteiger partial charge in [0.1, 0.15) is 5.75 Å². The second-order valence-corrected chi connectivity index (χ2v) is 7.89. The molecule has 1 aliphatic rings. The van der Waals surface area contributed by atoms with E-state index in [0.717, 1.165) is 25.7 Å². The summed E-state index contributed by atoms with van der Waals surface area (Å²) in [4.78, 5) is 23.2. The Kier molecular flexibility index (Phi) is 7.14. The lowest BCUT2D eigenvalue weighted by Crippen LogP contribution is -2.46. The molecule has 2 unspecified atom stereocenters. The highest BCUT2D eigenvalue weighted by Gasteiger charge is 2.30. The Morgan fingerprint density at radius 1 is 1.14 bits per heavy atom. The van der Waals surface area contributed by atoms with Crippen molar-refractivity contribution >= 4 is 21.7 Å². The van der Waals surface area contributed by atoms with Crippen LogP contribution in [0, 0.1) is 5.92 Å². The second kappa shape index (κ2) is 8.36. The molecule has 0 aromatic carbocycles. The minimum Gasteiger partial charge on any atom is -0.481 e. The van der Waals surface area contributed by atoms with Gasteiger partial charge in [0.05, 0.1) is 11.7 Å². The first-order valence-corrected chi connectivity index (χ1v) is 9.40. The number of sulfone groups is 1. The number of rotatable bonds is 6. The van der Waals surface area contributed by atoms with Gasteiger partial charge in [0.2, 0.25) is 5.91 Å². The fourth-order valence-electron chi connectivity index (χ4n) is 2.78. The van der Waals surface area contributed by atoms with Crippen LogP contribution < -0.4 is 5.32 Å². The van der Waals surface area contributed by atoms with Crippen LogP contribution in [-0.2, 0) is 19.4 Å². The van der Waals surface area contributed by atoms with Crippen molar-refractivity contribution in [3.8, 4) is 0 Å². The summed E-state index contributed by atoms with van der Waals surface area (Å²) in [6, 6.07) is -0.466. The zero-order valence-electron chi connectivity index (χ0n) is 12.5. The first-order valence-electron chi connectivity index (χ1n) is 7.58. The molecule has 1 rings (SSSR count). The fraction of sp³-hybridized carbons (Fsp3) is 0.857. The monoisotopic (exact) mass is 319 g/mol. The lowest BCUT2D eigenvalue weighted by atomic mass is 9.87. The average molecular weight is 319 g/mol. The molecule has 0 aliphatic heterocycles. The van der Waals surface area contributed by atoms with Crippen molar-refractivity contribution in [2.24, 2.45) is 5.92 Å². The minimum absolute atomic E-state index is 0.0204. The third kappa shape index (κ3) is 6.46. The Morgan fingerprint density at radius 3 is 2.33 bits per heavy atom. The van der Waals surface area contributed by atoms with E-state index in [9.17, 15) is 23.1 Å². The molecule has 0 aromatic rings. The number of hydrogen-bond donors (Lipinski definition) is 2. The molecule has 0 spiro atoms. The Hall–Kier alpha value is -1.11. The molecule has 1 fully saturated rings. The van der Waals surface area contributed by atoms with Crippen molar-refractivity contribution in [2.75, 3.05) is 11.5 Å². The van der Waals surface area contributed by atoms with Crippen molar-refractivity contribution in [1.29, 1.82) is 0 Å². The van der Waals surface area contributed by atoms with Crippen LogP contribution in [0.25, 0.3) is 0 Å². The number of amides is 1. The lowest BCUT2D eigenvalue weighted by molar-refractivity contribution is -0.143. The summed E-state index contributed by atoms with van der Waals surface area (Å²) in [6.45, 7) is 1.74. The van der Waals surface area contributed by atoms with Gasteiger partial charge >= 0.3 is 5.97 Å². The van der Waals surface area contributed by atoms with E-state index in [1.165, 1.54) is 0 Å². The van der Waals surface area contributed by atoms with Gasteiger partial charge in [-0.15, -0.1) is 0 Å². The summed E-state index contributed by atoms with van der Waals surface area (Å²) >= 11 is 0. The summed E-state index contributed by atoms with van der Waals surface area (Å²) < 4.78 is 23.3. The highest BCUT2D eigenvalue weighted by molar-refractivity contribution is 7.92. The van der Waals surface area contributed by atoms with Crippen molar-refractivity contribution in [1.82, 2.24) is 5.32 Å². The number of aliphatic carboxylic acids is 1. The van der Waals surface area contributed by atoms with Crippen molar-refractivity contribution in [3.63, 3.8) is 0 Å². The van der Waals surface area contributed by atoms with Gasteiger partial charge in [-0.3, -0.25) is 9.59 Å². The van der Waals surface area contributed by atoms with Gasteiger partial charge in [-0.1, -0.05) is 32.6 Å². The molecule has 122 valence electrons. The van der Waals surface area contributed by atoms with Crippen LogP contribution in [-0.4, -0.2) is 42.9 Å². The molecule has 0 bridgehead atoms. The van der Waals surface area contributed by atoms with Gasteiger partial charge in [-0.25, -0.2) is 8.42 Å². The largest absolute Gasteiger partial charge is 0.481 e. The number of nitrogens with one attached hydrogen (secondary N) is 1. The third-order valence-corrected chi connectivity index (χ3v) is 5.53. The molecule has 1 amide bonds. The molecular formula is C14H25NO5S. The van der Waals surface area contributed by atoms with Crippen LogP contribution in [0.5, 0.6) is 0 Å². The van der Waals surface area contributed by atoms with Crippen LogP contribution in [0.3, 0.4) is 0 Å². The molecule has 0 radical (unpaired) electrons. The summed E-state index contributed by atoms with van der Waals surface area (Å²) in [5.74, 6) is -2.70. The van der Waals surface area contributed by atoms with Crippen LogP contribution in [0.2, 0.25) is 0 Å². The van der Waals surface area contributed by atoms with Crippen LogP contribution in [0.1, 0.15) is 51.9 Å². The quantitative estimate of drug-likeness (QED) is 0.769. The molecule has 1 aliphatic carbocycles. The van der Waals surface area contributed by atoms with E-state index in [1.807, 2.05) is 0 Å². The highest BCUT2D eigenvalue weighted by atomic mass is 32.2. The summed E-state index contributed by atoms with van der Waals surface area (Å²) in [5.41, 5.74) is 0. The molecule has 2 atom stereocenters. The Morgan fingerprint density at radius 2 is 1.76 bits per heavy atom. The normalized spacial score (nSPS) is 23.9. The van der Waals surface area contributed by atoms with Gasteiger partial charge < -0.3 is 10.4 Å². The molecule has 2 N–H and O–H groups in total. The van der Waals surface area contributed by atoms with Crippen LogP contribution in [0.15, 0.2) is 0 Å². The van der Waals surface area contributed by atoms with Crippen LogP contribution >= 0.6 is 0 Å². The predicted octanol–water partition coefficient (Wildman–Crippen LogP) is 1.35. The van der Waals surface area contributed by atoms with E-state index < -0.39 is 39.4 Å². The molecule has 21 heavy (non-hydrogen) atoms. The molecule has 1 saturated carbocycles. The number of carbonyl (C=O) groups excluding carboxylic acids is 1. The number of carboxylic acid groups (broad SMARTS) is 1. The maximum absolute atomic E-state index is 11.9. The lowest BCUT2D eigenvalue weighted by Gasteiger charge is -2.27. The van der Waals surface area contributed by atoms with Crippen LogP contribution in [0.4, 0.5) is 0 Å². The maximum atomic E-state index is 11.9. The molecule has 6 nitrogen and oxygen atoms in total. The first kappa shape index (κ1) is 17.9. The zero-order chi connectivity index (χ0) is 15.9. The zero-order valence-corrected chi connectivity index (χ0v) is 13.3. The first-order chi connectivity index (χ1) is 9.85. The summed E-state index contributed by atoms with van der Waals surface area (Å²) in [7, 11) is -3.40. The van der Waals surface area contributed by atoms with E-state index in [0.29, 0.717) is 19.3 Å². The van der Waals surface area contributed by atoms with Gasteiger partial charge in [-0.2, -0.15) is 0 Å². The van der Waals surface area contributed by atoms with E-state index in [-0.39, 0.29) is 5.75 Å². The van der Waals surface area contributed by atoms with Gasteiger partial charge in [-0.05, 0) is 19.3 Å². The number of carboxylic acids is 1. The van der Waals surface area contributed by atoms with E-state index in [1.54, 1.807) is 6.92 Å². The molecular weight excluding hydrogens is 294 g/mol. The molecule has 0 aromatic heterocycles. The second-order valence-electron chi connectivity index (χ2n) is 5.70. The van der Waals surface area contributed by atoms with E-state index >= 15 is 0 Å². The third-order valence-electron chi connectivity index (χ3n) is 3.80. The SMILES string of the molecule is CCCS(=O)(=O)CC(=O)NC1CCCCCCC1C(=O)O. The van der Waals surface area contributed by atoms with Gasteiger partial charge in [0, 0.05) is 6.04 Å². The van der Waals surface area contributed by atoms with Gasteiger partial charge in [0.25, 0.3) is 0 Å². The van der Waals surface area contributed by atoms with Crippen molar-refractivity contribution < 1.29 is 23.1 Å². The smallest absolute Gasteiger partial charge is 0.308 e. The fourth-order valence-corrected chi connectivity index (χ4v) is 4.03. The van der Waals surface area contributed by atoms with Gasteiger partial charge in [0.15, 0.2) is 9.84 Å². The topological polar surface area (TPSA) is 101 Å². The molecule has 7 heteroatoms. The van der Waals surface area contributed by atoms with E-state index in [2.05, 4.69) is 5.32 Å². The minimum atomic E-state index is -3.40. The number of hydrogen-bond acceptors (Lipinski definition) is 4. The Bertz CT molecular complexity index is 460. The maximum Gasteiger partial charge on any atom is 0.308 e. The van der Waals surface area contributed by atoms with Crippen molar-refractivity contribution in [3.05, 3.63) is 0 Å². The number of carbonyl (C=O) groups is 2. The summed E-state index contributed by atoms with van der Waals surface area (Å²) in [5, 5.41) is 11.9. The Labute approximate surface area is 126 Å². The van der Waals surface area contributed by atoms with Crippen molar-refractivity contribution in [2.45, 2.75) is 57.9 Å². The highest BCUT2D eigenvalue weighted by Crippen LogP contribution is 2.23. The Balaban J connectivity index is 2.67. The van der Waals surface area contributed by atoms with E-state index in [4.69, 9.17) is 0 Å². The average Bonchev–Trinajstić information content (AvgIpc) is 2.31. The standard InChI is InChI=1S/C14H25NO5S/c1-2-9-21(19,20)10-13(16)15-12-8-6-4-3-5-7-11(12)14(17)18/h11-12H,2-10H2,1H3,(H,15,16)(H,17,18). The molecule has 0 saturated heterocycles. The molecule has 0 heterocycles. The predicted molar refractivity (Wildman–Crippen MR) is 79.7 cm³/mol. The summed E-state index contributed by atoms with van der Waals surface area (Å²) in [6.07, 6.45) is 5.31.